The number of nitrogens with zero attached hydrogens (tertiary/aromatic N) is 1. The Kier molecular flexibility index (Phi) is 4.31. The van der Waals surface area contributed by atoms with E-state index in [2.05, 4.69) is 4.40 Å². The van der Waals surface area contributed by atoms with Crippen LogP contribution in [-0.2, 0) is 16.1 Å². The first-order chi connectivity index (χ1) is 7.21. The molecule has 0 spiro atoms. The van der Waals surface area contributed by atoms with Crippen LogP contribution in [0.3, 0.4) is 0 Å². The molecule has 0 amide bonds. The summed E-state index contributed by atoms with van der Waals surface area (Å²) in [6.45, 7) is 5.34. The molecule has 0 aromatic heterocycles. The lowest BCUT2D eigenvalue weighted by Crippen LogP contribution is -2.35. The van der Waals surface area contributed by atoms with Crippen molar-refractivity contribution < 1.29 is 18.1 Å². The standard InChI is InChI=1S/C10H17F2NO2S/c1-9(2,3)16(14)13-7-8-6-10(11,12)4-5-15-8/h7-8H,4-6H2,1-3H3. The van der Waals surface area contributed by atoms with E-state index in [9.17, 15) is 13.3 Å². The van der Waals surface area contributed by atoms with Gasteiger partial charge in [-0.05, 0) is 20.8 Å². The number of hydrogen-bond acceptors (Lipinski definition) is 3. The number of ether oxygens (including phenoxy) is 1. The van der Waals surface area contributed by atoms with E-state index in [-0.39, 0.29) is 19.4 Å². The SMILES string of the molecule is CC(C)(C)[S+]([O-])N=CC1CC(F)(F)CCO1. The van der Waals surface area contributed by atoms with Crippen LogP contribution in [0, 0.1) is 0 Å². The maximum absolute atomic E-state index is 13.0. The molecule has 0 aliphatic carbocycles. The van der Waals surface area contributed by atoms with E-state index in [1.165, 1.54) is 6.21 Å². The third-order valence-corrected chi connectivity index (χ3v) is 3.51. The topological polar surface area (TPSA) is 44.7 Å². The maximum Gasteiger partial charge on any atom is 0.253 e. The van der Waals surface area contributed by atoms with Crippen molar-refractivity contribution in [3.63, 3.8) is 0 Å². The van der Waals surface area contributed by atoms with Crippen molar-refractivity contribution in [3.8, 4) is 0 Å². The van der Waals surface area contributed by atoms with Crippen molar-refractivity contribution >= 4 is 17.6 Å². The largest absolute Gasteiger partial charge is 0.591 e. The smallest absolute Gasteiger partial charge is 0.253 e. The third kappa shape index (κ3) is 4.35. The number of hydrogen-bond donors (Lipinski definition) is 0. The number of rotatable bonds is 2. The average Bonchev–Trinajstić information content (AvgIpc) is 2.11. The summed E-state index contributed by atoms with van der Waals surface area (Å²) in [5, 5.41) is 0. The van der Waals surface area contributed by atoms with E-state index in [0.717, 1.165) is 0 Å². The van der Waals surface area contributed by atoms with Gasteiger partial charge in [0.1, 0.15) is 22.2 Å². The second-order valence-corrected chi connectivity index (χ2v) is 6.77. The normalized spacial score (nSPS) is 28.2. The van der Waals surface area contributed by atoms with Gasteiger partial charge in [-0.15, -0.1) is 0 Å². The summed E-state index contributed by atoms with van der Waals surface area (Å²) >= 11 is -1.42. The molecule has 1 saturated heterocycles. The first-order valence-electron chi connectivity index (χ1n) is 5.16. The van der Waals surface area contributed by atoms with E-state index in [0.29, 0.717) is 0 Å². The van der Waals surface area contributed by atoms with Gasteiger partial charge in [0.2, 0.25) is 0 Å². The van der Waals surface area contributed by atoms with Gasteiger partial charge in [-0.3, -0.25) is 0 Å². The molecular formula is C10H17F2NO2S. The second-order valence-electron chi connectivity index (χ2n) is 4.84. The van der Waals surface area contributed by atoms with Gasteiger partial charge >= 0.3 is 0 Å². The van der Waals surface area contributed by atoms with Crippen LogP contribution in [0.2, 0.25) is 0 Å². The van der Waals surface area contributed by atoms with Gasteiger partial charge in [0.15, 0.2) is 0 Å². The molecule has 6 heteroatoms. The van der Waals surface area contributed by atoms with Gasteiger partial charge in [0, 0.05) is 12.8 Å². The lowest BCUT2D eigenvalue weighted by molar-refractivity contribution is -0.107. The predicted molar refractivity (Wildman–Crippen MR) is 60.3 cm³/mol. The summed E-state index contributed by atoms with van der Waals surface area (Å²) in [4.78, 5) is 0. The van der Waals surface area contributed by atoms with Gasteiger partial charge in [-0.25, -0.2) is 8.78 Å². The molecule has 1 heterocycles. The summed E-state index contributed by atoms with van der Waals surface area (Å²) in [7, 11) is 0. The van der Waals surface area contributed by atoms with Crippen LogP contribution in [-0.4, -0.2) is 34.1 Å². The van der Waals surface area contributed by atoms with Crippen molar-refractivity contribution in [3.05, 3.63) is 0 Å². The molecular weight excluding hydrogens is 236 g/mol. The minimum absolute atomic E-state index is 0.0197. The molecule has 0 N–H and O–H groups in total. The lowest BCUT2D eigenvalue weighted by Gasteiger charge is -2.27. The molecule has 3 nitrogen and oxygen atoms in total. The minimum Gasteiger partial charge on any atom is -0.591 e. The van der Waals surface area contributed by atoms with E-state index >= 15 is 0 Å². The molecule has 94 valence electrons. The zero-order chi connectivity index (χ0) is 12.4. The van der Waals surface area contributed by atoms with Crippen molar-refractivity contribution in [2.24, 2.45) is 4.40 Å². The van der Waals surface area contributed by atoms with Gasteiger partial charge < -0.3 is 9.29 Å². The Morgan fingerprint density at radius 2 is 2.12 bits per heavy atom. The maximum atomic E-state index is 13.0. The number of halogens is 2. The van der Waals surface area contributed by atoms with Crippen LogP contribution in [0.5, 0.6) is 0 Å². The zero-order valence-corrected chi connectivity index (χ0v) is 10.5. The van der Waals surface area contributed by atoms with Gasteiger partial charge in [-0.1, -0.05) is 4.40 Å². The van der Waals surface area contributed by atoms with E-state index in [1.54, 1.807) is 20.8 Å². The first kappa shape index (κ1) is 13.9. The molecule has 16 heavy (non-hydrogen) atoms. The Morgan fingerprint density at radius 3 is 2.62 bits per heavy atom. The van der Waals surface area contributed by atoms with Gasteiger partial charge in [0.25, 0.3) is 5.92 Å². The molecule has 1 aliphatic heterocycles. The fourth-order valence-electron chi connectivity index (χ4n) is 1.19. The highest BCUT2D eigenvalue weighted by atomic mass is 32.2. The molecule has 1 rings (SSSR count). The first-order valence-corrected chi connectivity index (χ1v) is 6.27. The Morgan fingerprint density at radius 1 is 1.50 bits per heavy atom. The van der Waals surface area contributed by atoms with Crippen LogP contribution in [0.4, 0.5) is 8.78 Å². The van der Waals surface area contributed by atoms with E-state index in [1.807, 2.05) is 0 Å². The zero-order valence-electron chi connectivity index (χ0n) is 9.70. The summed E-state index contributed by atoms with van der Waals surface area (Å²) in [6, 6.07) is 0. The van der Waals surface area contributed by atoms with Gasteiger partial charge in [0.05, 0.1) is 12.8 Å². The minimum atomic E-state index is -2.70. The van der Waals surface area contributed by atoms with Crippen LogP contribution < -0.4 is 0 Å². The number of alkyl halides is 2. The van der Waals surface area contributed by atoms with E-state index in [4.69, 9.17) is 4.74 Å². The molecule has 1 aliphatic rings. The van der Waals surface area contributed by atoms with Gasteiger partial charge in [-0.2, -0.15) is 0 Å². The highest BCUT2D eigenvalue weighted by Crippen LogP contribution is 2.29. The van der Waals surface area contributed by atoms with Crippen molar-refractivity contribution in [2.75, 3.05) is 6.61 Å². The van der Waals surface area contributed by atoms with Crippen LogP contribution in [0.15, 0.2) is 4.40 Å². The van der Waals surface area contributed by atoms with Crippen molar-refractivity contribution in [1.29, 1.82) is 0 Å². The monoisotopic (exact) mass is 253 g/mol. The molecule has 2 unspecified atom stereocenters. The quantitative estimate of drug-likeness (QED) is 0.560. The Balaban J connectivity index is 2.51. The molecule has 0 radical (unpaired) electrons. The Bertz CT molecular complexity index is 266. The van der Waals surface area contributed by atoms with Crippen LogP contribution in [0.25, 0.3) is 0 Å². The van der Waals surface area contributed by atoms with Crippen LogP contribution >= 0.6 is 0 Å². The average molecular weight is 253 g/mol. The van der Waals surface area contributed by atoms with Crippen molar-refractivity contribution in [1.82, 2.24) is 0 Å². The summed E-state index contributed by atoms with van der Waals surface area (Å²) in [5.41, 5.74) is 0. The molecule has 2 atom stereocenters. The predicted octanol–water partition coefficient (Wildman–Crippen LogP) is 2.33. The van der Waals surface area contributed by atoms with Crippen LogP contribution in [0.1, 0.15) is 33.6 Å². The molecule has 1 fully saturated rings. The summed E-state index contributed by atoms with van der Waals surface area (Å²) in [5.74, 6) is -2.70. The highest BCUT2D eigenvalue weighted by molar-refractivity contribution is 7.91. The second kappa shape index (κ2) is 4.98. The Hall–Kier alpha value is -0.200. The van der Waals surface area contributed by atoms with E-state index < -0.39 is 28.1 Å². The molecule has 0 aromatic rings. The third-order valence-electron chi connectivity index (χ3n) is 2.15. The molecule has 0 saturated carbocycles. The molecule has 0 bridgehead atoms. The fourth-order valence-corrected chi connectivity index (χ4v) is 1.75. The summed E-state index contributed by atoms with van der Waals surface area (Å²) in [6.07, 6.45) is -0.110. The van der Waals surface area contributed by atoms with Crippen molar-refractivity contribution in [2.45, 2.75) is 50.4 Å². The lowest BCUT2D eigenvalue weighted by atomic mass is 10.1. The Labute approximate surface area is 97.6 Å². The fraction of sp³-hybridized carbons (Fsp3) is 0.900. The molecule has 0 aromatic carbocycles. The highest BCUT2D eigenvalue weighted by Gasteiger charge is 2.37. The summed E-state index contributed by atoms with van der Waals surface area (Å²) < 4.78 is 45.9.